The number of benzene rings is 1. The second-order valence-electron chi connectivity index (χ2n) is 8.32. The highest BCUT2D eigenvalue weighted by Gasteiger charge is 2.25. The van der Waals surface area contributed by atoms with Gasteiger partial charge in [-0.1, -0.05) is 26.0 Å². The summed E-state index contributed by atoms with van der Waals surface area (Å²) in [5.74, 6) is 2.41. The molecular formula is C22H34N4O2. The highest BCUT2D eigenvalue weighted by atomic mass is 16.5. The number of carbonyl (C=O) groups excluding carboxylic acids is 1. The number of rotatable bonds is 6. The summed E-state index contributed by atoms with van der Waals surface area (Å²) in [6.07, 6.45) is 3.96. The zero-order valence-electron chi connectivity index (χ0n) is 17.4. The summed E-state index contributed by atoms with van der Waals surface area (Å²) >= 11 is 0. The van der Waals surface area contributed by atoms with Crippen LogP contribution in [0.2, 0.25) is 0 Å². The third-order valence-corrected chi connectivity index (χ3v) is 5.47. The first kappa shape index (κ1) is 20.6. The average Bonchev–Trinajstić information content (AvgIpc) is 3.34. The maximum atomic E-state index is 12.2. The number of carbonyl (C=O) groups is 1. The Bertz CT molecular complexity index is 683. The molecule has 0 radical (unpaired) electrons. The van der Waals surface area contributed by atoms with Crippen LogP contribution in [0, 0.1) is 11.8 Å². The fourth-order valence-corrected chi connectivity index (χ4v) is 4.16. The van der Waals surface area contributed by atoms with E-state index < -0.39 is 0 Å². The van der Waals surface area contributed by atoms with Gasteiger partial charge in [0.1, 0.15) is 6.10 Å². The molecular weight excluding hydrogens is 352 g/mol. The fraction of sp³-hybridized carbons (Fsp3) is 0.636. The maximum absolute atomic E-state index is 12.2. The second kappa shape index (κ2) is 9.92. The van der Waals surface area contributed by atoms with Crippen molar-refractivity contribution in [1.29, 1.82) is 0 Å². The van der Waals surface area contributed by atoms with E-state index in [-0.39, 0.29) is 12.0 Å². The molecule has 1 aromatic rings. The molecule has 6 nitrogen and oxygen atoms in total. The number of aliphatic imine (C=N–C) groups is 1. The van der Waals surface area contributed by atoms with Crippen molar-refractivity contribution in [3.63, 3.8) is 0 Å². The molecule has 2 aliphatic heterocycles. The molecule has 1 aromatic carbocycles. The monoisotopic (exact) mass is 386 g/mol. The zero-order chi connectivity index (χ0) is 19.9. The highest BCUT2D eigenvalue weighted by Crippen LogP contribution is 2.23. The lowest BCUT2D eigenvalue weighted by Gasteiger charge is -2.22. The number of likely N-dealkylation sites (tertiary alicyclic amines) is 1. The molecule has 2 fully saturated rings. The molecule has 0 bridgehead atoms. The summed E-state index contributed by atoms with van der Waals surface area (Å²) in [5, 5.41) is 6.45. The number of hydrogen-bond donors (Lipinski definition) is 2. The number of hydrogen-bond acceptors (Lipinski definition) is 3. The minimum atomic E-state index is -0.311. The Morgan fingerprint density at radius 3 is 2.93 bits per heavy atom. The number of nitrogens with zero attached hydrogens (tertiary/aromatic N) is 2. The van der Waals surface area contributed by atoms with E-state index in [1.807, 2.05) is 25.2 Å². The standard InChI is InChI=1S/C22H34N4O2/c1-16(2)12-18-9-10-26(15-18)22(23-3)24-14-17-6-4-7-19(13-17)25-21(27)20-8-5-11-28-20/h4,6-7,13,16,18,20H,5,8-12,14-15H2,1-3H3,(H,23,24)(H,25,27). The van der Waals surface area contributed by atoms with Crippen LogP contribution < -0.4 is 10.6 Å². The van der Waals surface area contributed by atoms with E-state index in [0.717, 1.165) is 55.0 Å². The molecule has 2 aliphatic rings. The lowest BCUT2D eigenvalue weighted by molar-refractivity contribution is -0.124. The Morgan fingerprint density at radius 1 is 1.36 bits per heavy atom. The number of anilines is 1. The normalized spacial score (nSPS) is 22.7. The van der Waals surface area contributed by atoms with Gasteiger partial charge in [-0.05, 0) is 55.2 Å². The molecule has 0 aliphatic carbocycles. The van der Waals surface area contributed by atoms with Gasteiger partial charge in [0.25, 0.3) is 5.91 Å². The molecule has 2 saturated heterocycles. The van der Waals surface area contributed by atoms with Crippen LogP contribution in [0.3, 0.4) is 0 Å². The summed E-state index contributed by atoms with van der Waals surface area (Å²) in [5.41, 5.74) is 1.93. The van der Waals surface area contributed by atoms with E-state index in [4.69, 9.17) is 4.74 Å². The predicted octanol–water partition coefficient (Wildman–Crippen LogP) is 3.25. The number of guanidine groups is 1. The Kier molecular flexibility index (Phi) is 7.31. The second-order valence-corrected chi connectivity index (χ2v) is 8.32. The molecule has 154 valence electrons. The predicted molar refractivity (Wildman–Crippen MR) is 113 cm³/mol. The number of ether oxygens (including phenoxy) is 1. The first-order valence-electron chi connectivity index (χ1n) is 10.5. The Labute approximate surface area is 168 Å². The van der Waals surface area contributed by atoms with Gasteiger partial charge in [-0.3, -0.25) is 9.79 Å². The van der Waals surface area contributed by atoms with E-state index in [9.17, 15) is 4.79 Å². The first-order chi connectivity index (χ1) is 13.5. The van der Waals surface area contributed by atoms with Crippen LogP contribution >= 0.6 is 0 Å². The zero-order valence-corrected chi connectivity index (χ0v) is 17.4. The SMILES string of the molecule is CN=C(NCc1cccc(NC(=O)C2CCCO2)c1)N1CCC(CC(C)C)C1. The van der Waals surface area contributed by atoms with E-state index in [0.29, 0.717) is 13.2 Å². The van der Waals surface area contributed by atoms with Gasteiger partial charge in [0.15, 0.2) is 5.96 Å². The lowest BCUT2D eigenvalue weighted by Crippen LogP contribution is -2.39. The van der Waals surface area contributed by atoms with Crippen molar-refractivity contribution in [2.45, 2.75) is 52.2 Å². The van der Waals surface area contributed by atoms with Crippen LogP contribution in [0.1, 0.15) is 45.1 Å². The molecule has 1 amide bonds. The summed E-state index contributed by atoms with van der Waals surface area (Å²) in [7, 11) is 1.84. The van der Waals surface area contributed by atoms with Gasteiger partial charge in [-0.25, -0.2) is 0 Å². The van der Waals surface area contributed by atoms with E-state index in [1.165, 1.54) is 12.8 Å². The van der Waals surface area contributed by atoms with Crippen molar-refractivity contribution in [3.8, 4) is 0 Å². The van der Waals surface area contributed by atoms with Gasteiger partial charge in [0.2, 0.25) is 0 Å². The van der Waals surface area contributed by atoms with Crippen molar-refractivity contribution < 1.29 is 9.53 Å². The summed E-state index contributed by atoms with van der Waals surface area (Å²) in [6, 6.07) is 7.97. The van der Waals surface area contributed by atoms with Crippen molar-refractivity contribution in [3.05, 3.63) is 29.8 Å². The summed E-state index contributed by atoms with van der Waals surface area (Å²) in [4.78, 5) is 19.1. The molecule has 2 atom stereocenters. The van der Waals surface area contributed by atoms with Gasteiger partial charge < -0.3 is 20.3 Å². The number of nitrogens with one attached hydrogen (secondary N) is 2. The van der Waals surface area contributed by atoms with Crippen molar-refractivity contribution >= 4 is 17.6 Å². The van der Waals surface area contributed by atoms with E-state index >= 15 is 0 Å². The fourth-order valence-electron chi connectivity index (χ4n) is 4.16. The van der Waals surface area contributed by atoms with Crippen LogP contribution in [0.15, 0.2) is 29.3 Å². The minimum absolute atomic E-state index is 0.0494. The Balaban J connectivity index is 1.51. The van der Waals surface area contributed by atoms with Crippen LogP contribution in [-0.4, -0.2) is 49.6 Å². The maximum Gasteiger partial charge on any atom is 0.253 e. The third-order valence-electron chi connectivity index (χ3n) is 5.47. The smallest absolute Gasteiger partial charge is 0.253 e. The molecule has 0 spiro atoms. The largest absolute Gasteiger partial charge is 0.368 e. The van der Waals surface area contributed by atoms with Crippen LogP contribution in [0.5, 0.6) is 0 Å². The number of amides is 1. The van der Waals surface area contributed by atoms with Gasteiger partial charge in [0.05, 0.1) is 0 Å². The molecule has 28 heavy (non-hydrogen) atoms. The molecule has 2 N–H and O–H groups in total. The third kappa shape index (κ3) is 5.71. The summed E-state index contributed by atoms with van der Waals surface area (Å²) < 4.78 is 5.45. The van der Waals surface area contributed by atoms with Gasteiger partial charge in [-0.15, -0.1) is 0 Å². The quantitative estimate of drug-likeness (QED) is 0.582. The molecule has 6 heteroatoms. The molecule has 2 unspecified atom stereocenters. The summed E-state index contributed by atoms with van der Waals surface area (Å²) in [6.45, 7) is 8.09. The van der Waals surface area contributed by atoms with Crippen LogP contribution in [0.4, 0.5) is 5.69 Å². The lowest BCUT2D eigenvalue weighted by atomic mass is 9.97. The van der Waals surface area contributed by atoms with Crippen molar-refractivity contribution in [2.75, 3.05) is 32.1 Å². The van der Waals surface area contributed by atoms with Gasteiger partial charge in [0, 0.05) is 39.0 Å². The van der Waals surface area contributed by atoms with Crippen LogP contribution in [0.25, 0.3) is 0 Å². The topological polar surface area (TPSA) is 66.0 Å². The molecule has 0 saturated carbocycles. The van der Waals surface area contributed by atoms with Gasteiger partial charge in [-0.2, -0.15) is 0 Å². The van der Waals surface area contributed by atoms with Gasteiger partial charge >= 0.3 is 0 Å². The minimum Gasteiger partial charge on any atom is -0.368 e. The van der Waals surface area contributed by atoms with Crippen molar-refractivity contribution in [2.24, 2.45) is 16.8 Å². The van der Waals surface area contributed by atoms with Crippen LogP contribution in [-0.2, 0) is 16.1 Å². The molecule has 2 heterocycles. The average molecular weight is 387 g/mol. The first-order valence-corrected chi connectivity index (χ1v) is 10.5. The van der Waals surface area contributed by atoms with E-state index in [1.54, 1.807) is 0 Å². The van der Waals surface area contributed by atoms with Crippen molar-refractivity contribution in [1.82, 2.24) is 10.2 Å². The highest BCUT2D eigenvalue weighted by molar-refractivity contribution is 5.94. The molecule has 0 aromatic heterocycles. The Morgan fingerprint density at radius 2 is 2.21 bits per heavy atom. The van der Waals surface area contributed by atoms with E-state index in [2.05, 4.69) is 40.4 Å². The Hall–Kier alpha value is -2.08. The molecule has 3 rings (SSSR count).